The van der Waals surface area contributed by atoms with Crippen LogP contribution in [0, 0.1) is 23.2 Å². The maximum absolute atomic E-state index is 13.3. The Morgan fingerprint density at radius 1 is 0.619 bits per heavy atom. The summed E-state index contributed by atoms with van der Waals surface area (Å²) >= 11 is 0. The second-order valence-corrected chi connectivity index (χ2v) is 25.1. The van der Waals surface area contributed by atoms with E-state index in [9.17, 15) is 44.6 Å². The van der Waals surface area contributed by atoms with Crippen molar-refractivity contribution < 1.29 is 82.5 Å². The number of hydrogen-bond acceptors (Lipinski definition) is 12. The van der Waals surface area contributed by atoms with Crippen LogP contribution in [0.4, 0.5) is 39.5 Å². The number of methoxy groups -OCH3 is 2. The summed E-state index contributed by atoms with van der Waals surface area (Å²) in [7, 11) is 8.96. The lowest BCUT2D eigenvalue weighted by Crippen LogP contribution is -2.67. The van der Waals surface area contributed by atoms with E-state index >= 15 is 0 Å². The fourth-order valence-corrected chi connectivity index (χ4v) is 14.4. The van der Waals surface area contributed by atoms with E-state index in [0.717, 1.165) is 116 Å². The Hall–Kier alpha value is -3.93. The van der Waals surface area contributed by atoms with Gasteiger partial charge in [0.05, 0.1) is 60.0 Å². The molecule has 84 heavy (non-hydrogen) atoms. The number of unbranched alkanes of at least 4 members (excludes halogenated alkanes) is 1. The van der Waals surface area contributed by atoms with Gasteiger partial charge in [-0.05, 0) is 159 Å². The van der Waals surface area contributed by atoms with Gasteiger partial charge < -0.3 is 47.9 Å². The highest BCUT2D eigenvalue weighted by Gasteiger charge is 2.85. The molecule has 2 fully saturated rings. The van der Waals surface area contributed by atoms with Gasteiger partial charge in [-0.25, -0.2) is 0 Å². The number of aliphatic hydroxyl groups is 1. The molecular weight excluding hydrogens is 1150 g/mol. The van der Waals surface area contributed by atoms with Crippen LogP contribution in [0.1, 0.15) is 105 Å². The predicted octanol–water partition coefficient (Wildman–Crippen LogP) is 14.7. The highest BCUT2D eigenvalue weighted by atomic mass is 33.1. The van der Waals surface area contributed by atoms with Gasteiger partial charge in [0.25, 0.3) is 0 Å². The molecule has 4 aromatic carbocycles. The minimum atomic E-state index is -6.75. The van der Waals surface area contributed by atoms with Crippen molar-refractivity contribution in [1.29, 1.82) is 0 Å². The minimum absolute atomic E-state index is 0.0215. The Balaban J connectivity index is 0.710. The smallest absolute Gasteiger partial charge is 0.435 e. The zero-order valence-electron chi connectivity index (χ0n) is 48.5. The molecule has 3 aliphatic rings. The number of fused-ring (bicyclic) bond motifs is 5. The summed E-state index contributed by atoms with van der Waals surface area (Å²) in [6.07, 6.45) is -12.6. The van der Waals surface area contributed by atoms with E-state index in [-0.39, 0.29) is 36.6 Å². The number of hydrogen-bond donors (Lipinski definition) is 1. The molecule has 4 unspecified atom stereocenters. The van der Waals surface area contributed by atoms with Crippen molar-refractivity contribution in [3.63, 3.8) is 0 Å². The predicted molar refractivity (Wildman–Crippen MR) is 309 cm³/mol. The van der Waals surface area contributed by atoms with Crippen LogP contribution >= 0.6 is 21.6 Å². The van der Waals surface area contributed by atoms with Gasteiger partial charge >= 0.3 is 24.1 Å². The van der Waals surface area contributed by atoms with E-state index in [0.29, 0.717) is 57.9 Å². The highest BCUT2D eigenvalue weighted by Crippen LogP contribution is 2.62. The quantitative estimate of drug-likeness (QED) is 0.0206. The third kappa shape index (κ3) is 16.6. The lowest BCUT2D eigenvalue weighted by atomic mass is 9.55. The fourth-order valence-electron chi connectivity index (χ4n) is 12.7. The average molecular weight is 1230 g/mol. The van der Waals surface area contributed by atoms with Crippen LogP contribution in [0.15, 0.2) is 97.1 Å². The number of alkyl halides is 9. The first-order valence-corrected chi connectivity index (χ1v) is 31.6. The van der Waals surface area contributed by atoms with Crippen LogP contribution in [-0.4, -0.2) is 146 Å². The lowest BCUT2D eigenvalue weighted by Gasteiger charge is -2.50. The standard InChI is InChI=1S/C63H82F9NO9S2/c1-58-30-29-54-53-26-24-52(42-46(53)15-25-55(54)56(58)27-28-57(58)80-35-11-36-81-60(61(64,65)66,62(67,68)69)63(70,71)72)79-34-10-33-77-38-40-83-84-41-39-78-37-32-73(2)31-9-8-12-45(43-74)44-82-59(47-13-6-5-7-14-47,48-16-20-50(75-3)21-17-48)49-18-22-51(76-4)23-19-49/h5-7,13-14,16-24,26,42,45,54-57,74H,8-12,15,25,27-41,43-44H2,1-4H3/t45?,54?,55?,56?,57-,58-/m0/s1. The van der Waals surface area contributed by atoms with Crippen molar-refractivity contribution in [3.8, 4) is 17.2 Å². The van der Waals surface area contributed by atoms with Gasteiger partial charge in [-0.15, -0.1) is 0 Å². The van der Waals surface area contributed by atoms with Crippen molar-refractivity contribution in [2.24, 2.45) is 23.2 Å². The summed E-state index contributed by atoms with van der Waals surface area (Å²) in [4.78, 5) is 2.29. The third-order valence-corrected chi connectivity index (χ3v) is 19.5. The van der Waals surface area contributed by atoms with Crippen LogP contribution in [0.25, 0.3) is 0 Å². The molecular formula is C63H82F9NO9S2. The molecule has 0 radical (unpaired) electrons. The summed E-state index contributed by atoms with van der Waals surface area (Å²) in [5.74, 6) is 5.01. The number of ether oxygens (including phenoxy) is 8. The molecule has 0 bridgehead atoms. The van der Waals surface area contributed by atoms with E-state index in [4.69, 9.17) is 33.2 Å². The number of benzene rings is 4. The Kier molecular flexibility index (Phi) is 25.2. The number of aliphatic hydroxyl groups excluding tert-OH is 1. The second kappa shape index (κ2) is 31.3. The number of nitrogens with zero attached hydrogens (tertiary/aromatic N) is 1. The monoisotopic (exact) mass is 1230 g/mol. The molecule has 4 aromatic rings. The van der Waals surface area contributed by atoms with Gasteiger partial charge in [-0.2, -0.15) is 39.5 Å². The molecule has 21 heteroatoms. The van der Waals surface area contributed by atoms with Crippen molar-refractivity contribution >= 4 is 21.6 Å². The van der Waals surface area contributed by atoms with Crippen molar-refractivity contribution in [2.75, 3.05) is 105 Å². The first kappa shape index (κ1) is 67.6. The maximum atomic E-state index is 13.3. The van der Waals surface area contributed by atoms with Gasteiger partial charge in [0.1, 0.15) is 22.8 Å². The number of halogens is 9. The molecule has 0 saturated heterocycles. The molecule has 468 valence electrons. The largest absolute Gasteiger partial charge is 0.497 e. The van der Waals surface area contributed by atoms with Crippen LogP contribution in [0.3, 0.4) is 0 Å². The molecule has 0 heterocycles. The van der Waals surface area contributed by atoms with Gasteiger partial charge in [0.15, 0.2) is 0 Å². The SMILES string of the molecule is COc1ccc(C(OCC(CO)CCCCN(C)CCOCCSSCCOCCCOc2ccc3c(c2)CCC2C3CC[C@@]3(C)C2CC[C@@H]3OCCCOC(C(F)(F)F)(C(F)(F)F)C(F)(F)F)(c2ccccc2)c2ccc(OC)cc2)cc1. The van der Waals surface area contributed by atoms with Crippen LogP contribution in [-0.2, 0) is 35.7 Å². The molecule has 6 atom stereocenters. The first-order chi connectivity index (χ1) is 40.2. The minimum Gasteiger partial charge on any atom is -0.497 e. The molecule has 10 nitrogen and oxygen atoms in total. The fraction of sp³-hybridized carbons (Fsp3) is 0.619. The molecule has 0 aliphatic heterocycles. The molecule has 0 spiro atoms. The normalized spacial score (nSPS) is 20.6. The number of aryl methyl sites for hydroxylation is 1. The van der Waals surface area contributed by atoms with Crippen molar-refractivity contribution in [3.05, 3.63) is 125 Å². The van der Waals surface area contributed by atoms with Crippen molar-refractivity contribution in [1.82, 2.24) is 4.90 Å². The van der Waals surface area contributed by atoms with Crippen molar-refractivity contribution in [2.45, 2.75) is 119 Å². The summed E-state index contributed by atoms with van der Waals surface area (Å²) in [6, 6.07) is 32.4. The molecule has 3 aliphatic carbocycles. The zero-order valence-corrected chi connectivity index (χ0v) is 50.1. The zero-order chi connectivity index (χ0) is 60.4. The maximum Gasteiger partial charge on any atom is 0.435 e. The first-order valence-electron chi connectivity index (χ1n) is 29.1. The molecule has 1 N–H and O–H groups in total. The van der Waals surface area contributed by atoms with Gasteiger partial charge in [-0.1, -0.05) is 95.6 Å². The van der Waals surface area contributed by atoms with E-state index in [1.54, 1.807) is 35.8 Å². The topological polar surface area (TPSA) is 97.3 Å². The third-order valence-electron chi connectivity index (χ3n) is 17.1. The Morgan fingerprint density at radius 3 is 1.82 bits per heavy atom. The van der Waals surface area contributed by atoms with E-state index in [1.165, 1.54) is 11.1 Å². The summed E-state index contributed by atoms with van der Waals surface area (Å²) in [5, 5.41) is 10.5. The lowest BCUT2D eigenvalue weighted by molar-refractivity contribution is -0.457. The van der Waals surface area contributed by atoms with Crippen LogP contribution in [0.5, 0.6) is 17.2 Å². The number of rotatable bonds is 35. The van der Waals surface area contributed by atoms with Gasteiger partial charge in [0.2, 0.25) is 0 Å². The van der Waals surface area contributed by atoms with E-state index in [2.05, 4.69) is 47.9 Å². The molecule has 2 saturated carbocycles. The molecule has 0 amide bonds. The summed E-state index contributed by atoms with van der Waals surface area (Å²) < 4.78 is 165. The number of likely N-dealkylation sites (N-methyl/N-ethyl adjacent to an activating group) is 1. The van der Waals surface area contributed by atoms with Gasteiger partial charge in [0, 0.05) is 50.2 Å². The van der Waals surface area contributed by atoms with Crippen LogP contribution in [0.2, 0.25) is 0 Å². The Morgan fingerprint density at radius 2 is 1.21 bits per heavy atom. The summed E-state index contributed by atoms with van der Waals surface area (Å²) in [6.45, 7) is 5.59. The molecule has 0 aromatic heterocycles. The Labute approximate surface area is 496 Å². The molecule has 7 rings (SSSR count). The van der Waals surface area contributed by atoms with E-state index < -0.39 is 42.8 Å². The summed E-state index contributed by atoms with van der Waals surface area (Å²) in [5.41, 5.74) is -2.03. The van der Waals surface area contributed by atoms with Crippen LogP contribution < -0.4 is 14.2 Å². The Bertz CT molecular complexity index is 2480. The van der Waals surface area contributed by atoms with Gasteiger partial charge in [-0.3, -0.25) is 0 Å². The average Bonchev–Trinajstić information content (AvgIpc) is 2.32. The second-order valence-electron chi connectivity index (χ2n) is 22.4. The highest BCUT2D eigenvalue weighted by molar-refractivity contribution is 8.76. The van der Waals surface area contributed by atoms with E-state index in [1.807, 2.05) is 72.8 Å².